The zero-order valence-electron chi connectivity index (χ0n) is 20.3. The van der Waals surface area contributed by atoms with E-state index in [9.17, 15) is 18.0 Å². The van der Waals surface area contributed by atoms with Crippen molar-refractivity contribution in [2.75, 3.05) is 18.6 Å². The molecule has 3 heterocycles. The number of benzene rings is 2. The minimum Gasteiger partial charge on any atom is -0.350 e. The van der Waals surface area contributed by atoms with Crippen LogP contribution in [0.25, 0.3) is 0 Å². The molecule has 0 N–H and O–H groups in total. The summed E-state index contributed by atoms with van der Waals surface area (Å²) in [6.07, 6.45) is 1.77. The number of methoxy groups -OCH3 is 1. The number of rotatable bonds is 6. The summed E-state index contributed by atoms with van der Waals surface area (Å²) in [7, 11) is -1.80. The van der Waals surface area contributed by atoms with Crippen molar-refractivity contribution in [2.24, 2.45) is 5.92 Å². The highest BCUT2D eigenvalue weighted by atomic mass is 35.5. The standard InChI is InChI=1S/C27H23Cl2FN2O5S/c1-37-27(18-2-4-19(28)5-3-18)24-22(26(34)32(27)15-21-7-6-20(29)14-31-21)12-17(13-23(24)30)25(33)16-8-10-38(35,36)11-9-16/h2-7,12-14,16H,8-11,15H2,1H3. The molecule has 1 aromatic heterocycles. The van der Waals surface area contributed by atoms with Gasteiger partial charge in [0.15, 0.2) is 11.5 Å². The van der Waals surface area contributed by atoms with E-state index >= 15 is 4.39 Å². The Labute approximate surface area is 229 Å². The highest BCUT2D eigenvalue weighted by Gasteiger charge is 2.54. The molecular weight excluding hydrogens is 554 g/mol. The van der Waals surface area contributed by atoms with Gasteiger partial charge in [0.25, 0.3) is 5.91 Å². The maximum atomic E-state index is 16.0. The Bertz CT molecular complexity index is 1520. The Hall–Kier alpha value is -2.85. The Morgan fingerprint density at radius 3 is 2.37 bits per heavy atom. The summed E-state index contributed by atoms with van der Waals surface area (Å²) in [5.74, 6) is -2.48. The maximum absolute atomic E-state index is 16.0. The van der Waals surface area contributed by atoms with Gasteiger partial charge in [-0.05, 0) is 49.2 Å². The third-order valence-electron chi connectivity index (χ3n) is 7.13. The number of sulfone groups is 1. The van der Waals surface area contributed by atoms with Crippen LogP contribution in [0.5, 0.6) is 0 Å². The molecule has 1 amide bonds. The number of carbonyl (C=O) groups is 2. The molecule has 0 spiro atoms. The zero-order chi connectivity index (χ0) is 27.2. The second kappa shape index (κ2) is 10.0. The van der Waals surface area contributed by atoms with E-state index in [1.54, 1.807) is 36.4 Å². The van der Waals surface area contributed by atoms with Gasteiger partial charge >= 0.3 is 0 Å². The van der Waals surface area contributed by atoms with Crippen molar-refractivity contribution in [3.8, 4) is 0 Å². The molecule has 2 aliphatic rings. The van der Waals surface area contributed by atoms with Crippen LogP contribution in [-0.2, 0) is 26.8 Å². The highest BCUT2D eigenvalue weighted by Crippen LogP contribution is 2.47. The SMILES string of the molecule is COC1(c2ccc(Cl)cc2)c2c(F)cc(C(=O)C3CCS(=O)(=O)CC3)cc2C(=O)N1Cc1ccc(Cl)cn1. The number of fused-ring (bicyclic) bond motifs is 1. The Kier molecular flexibility index (Phi) is 7.06. The first-order valence-corrected chi connectivity index (χ1v) is 14.5. The first-order valence-electron chi connectivity index (χ1n) is 11.9. The number of hydrogen-bond donors (Lipinski definition) is 0. The third-order valence-corrected chi connectivity index (χ3v) is 9.33. The lowest BCUT2D eigenvalue weighted by Gasteiger charge is -2.38. The van der Waals surface area contributed by atoms with Gasteiger partial charge in [0, 0.05) is 35.4 Å². The molecule has 1 unspecified atom stereocenters. The number of ether oxygens (including phenoxy) is 1. The van der Waals surface area contributed by atoms with Gasteiger partial charge in [-0.25, -0.2) is 12.8 Å². The summed E-state index contributed by atoms with van der Waals surface area (Å²) in [5, 5.41) is 0.872. The number of aromatic nitrogens is 1. The lowest BCUT2D eigenvalue weighted by molar-refractivity contribution is -0.0885. The largest absolute Gasteiger partial charge is 0.350 e. The molecule has 0 bridgehead atoms. The van der Waals surface area contributed by atoms with Crippen LogP contribution in [0.2, 0.25) is 10.0 Å². The molecule has 3 aromatic rings. The highest BCUT2D eigenvalue weighted by molar-refractivity contribution is 7.91. The molecule has 198 valence electrons. The summed E-state index contributed by atoms with van der Waals surface area (Å²) in [6.45, 7) is -0.0373. The number of nitrogens with zero attached hydrogens (tertiary/aromatic N) is 2. The summed E-state index contributed by atoms with van der Waals surface area (Å²) >= 11 is 12.1. The van der Waals surface area contributed by atoms with Crippen molar-refractivity contribution in [3.63, 3.8) is 0 Å². The number of amides is 1. The predicted octanol–water partition coefficient (Wildman–Crippen LogP) is 5.04. The Morgan fingerprint density at radius 1 is 1.11 bits per heavy atom. The molecule has 5 rings (SSSR count). The van der Waals surface area contributed by atoms with Gasteiger partial charge < -0.3 is 4.74 Å². The number of halogens is 3. The minimum atomic E-state index is -3.18. The van der Waals surface area contributed by atoms with E-state index in [0.717, 1.165) is 6.07 Å². The topological polar surface area (TPSA) is 93.6 Å². The number of Topliss-reactive ketones (excluding diaryl/α,β-unsaturated/α-hetero) is 1. The third kappa shape index (κ3) is 4.62. The van der Waals surface area contributed by atoms with Crippen molar-refractivity contribution in [2.45, 2.75) is 25.1 Å². The van der Waals surface area contributed by atoms with Gasteiger partial charge in [-0.2, -0.15) is 0 Å². The molecular formula is C27H23Cl2FN2O5S. The molecule has 11 heteroatoms. The smallest absolute Gasteiger partial charge is 0.257 e. The second-order valence-electron chi connectivity index (χ2n) is 9.39. The first-order chi connectivity index (χ1) is 18.1. The quantitative estimate of drug-likeness (QED) is 0.382. The van der Waals surface area contributed by atoms with E-state index in [4.69, 9.17) is 27.9 Å². The fraction of sp³-hybridized carbons (Fsp3) is 0.296. The van der Waals surface area contributed by atoms with E-state index in [-0.39, 0.29) is 53.4 Å². The second-order valence-corrected chi connectivity index (χ2v) is 12.6. The zero-order valence-corrected chi connectivity index (χ0v) is 22.6. The summed E-state index contributed by atoms with van der Waals surface area (Å²) in [4.78, 5) is 32.8. The van der Waals surface area contributed by atoms with Crippen LogP contribution in [-0.4, -0.2) is 48.6 Å². The van der Waals surface area contributed by atoms with Gasteiger partial charge in [-0.1, -0.05) is 35.3 Å². The van der Waals surface area contributed by atoms with Crippen LogP contribution in [0.4, 0.5) is 4.39 Å². The van der Waals surface area contributed by atoms with Crippen molar-refractivity contribution < 1.29 is 27.1 Å². The Balaban J connectivity index is 1.62. The van der Waals surface area contributed by atoms with Crippen LogP contribution >= 0.6 is 23.2 Å². The summed E-state index contributed by atoms with van der Waals surface area (Å²) < 4.78 is 45.6. The van der Waals surface area contributed by atoms with Crippen LogP contribution in [0, 0.1) is 11.7 Å². The number of carbonyl (C=O) groups excluding carboxylic acids is 2. The van der Waals surface area contributed by atoms with E-state index in [1.165, 1.54) is 24.3 Å². The van der Waals surface area contributed by atoms with E-state index in [0.29, 0.717) is 21.3 Å². The average molecular weight is 577 g/mol. The van der Waals surface area contributed by atoms with E-state index in [1.807, 2.05) is 0 Å². The van der Waals surface area contributed by atoms with E-state index < -0.39 is 33.2 Å². The molecule has 0 radical (unpaired) electrons. The first kappa shape index (κ1) is 26.7. The monoisotopic (exact) mass is 576 g/mol. The van der Waals surface area contributed by atoms with E-state index in [2.05, 4.69) is 4.98 Å². The van der Waals surface area contributed by atoms with Crippen molar-refractivity contribution in [1.82, 2.24) is 9.88 Å². The molecule has 2 aliphatic heterocycles. The van der Waals surface area contributed by atoms with Crippen molar-refractivity contribution >= 4 is 44.7 Å². The average Bonchev–Trinajstić information content (AvgIpc) is 3.14. The van der Waals surface area contributed by atoms with Gasteiger partial charge in [0.2, 0.25) is 0 Å². The van der Waals surface area contributed by atoms with Gasteiger partial charge in [-0.15, -0.1) is 0 Å². The summed E-state index contributed by atoms with van der Waals surface area (Å²) in [6, 6.07) is 12.3. The normalized spacial score (nSPS) is 20.9. The fourth-order valence-electron chi connectivity index (χ4n) is 5.22. The Morgan fingerprint density at radius 2 is 1.76 bits per heavy atom. The number of ketones is 1. The minimum absolute atomic E-state index is 0.0115. The van der Waals surface area contributed by atoms with Crippen LogP contribution in [0.15, 0.2) is 54.7 Å². The molecule has 1 fully saturated rings. The summed E-state index contributed by atoms with van der Waals surface area (Å²) in [5.41, 5.74) is -0.729. The molecule has 7 nitrogen and oxygen atoms in total. The van der Waals surface area contributed by atoms with Crippen LogP contribution in [0.3, 0.4) is 0 Å². The predicted molar refractivity (Wildman–Crippen MR) is 140 cm³/mol. The fourth-order valence-corrected chi connectivity index (χ4v) is 6.95. The lowest BCUT2D eigenvalue weighted by atomic mass is 9.88. The molecule has 0 saturated carbocycles. The molecule has 2 aromatic carbocycles. The number of pyridine rings is 1. The van der Waals surface area contributed by atoms with Crippen LogP contribution in [0.1, 0.15) is 50.4 Å². The molecule has 1 saturated heterocycles. The maximum Gasteiger partial charge on any atom is 0.257 e. The van der Waals surface area contributed by atoms with Gasteiger partial charge in [0.05, 0.1) is 39.9 Å². The lowest BCUT2D eigenvalue weighted by Crippen LogP contribution is -2.46. The molecule has 0 aliphatic carbocycles. The molecule has 38 heavy (non-hydrogen) atoms. The van der Waals surface area contributed by atoms with Crippen molar-refractivity contribution in [1.29, 1.82) is 0 Å². The number of hydrogen-bond acceptors (Lipinski definition) is 6. The van der Waals surface area contributed by atoms with Gasteiger partial charge in [0.1, 0.15) is 15.7 Å². The molecule has 1 atom stereocenters. The van der Waals surface area contributed by atoms with Crippen molar-refractivity contribution in [3.05, 3.63) is 98.5 Å². The van der Waals surface area contributed by atoms with Crippen LogP contribution < -0.4 is 0 Å². The van der Waals surface area contributed by atoms with Gasteiger partial charge in [-0.3, -0.25) is 19.5 Å².